The van der Waals surface area contributed by atoms with Crippen molar-refractivity contribution in [2.45, 2.75) is 13.8 Å². The summed E-state index contributed by atoms with van der Waals surface area (Å²) >= 11 is 0. The molecule has 10 aromatic carbocycles. The van der Waals surface area contributed by atoms with E-state index in [1.165, 1.54) is 16.7 Å². The van der Waals surface area contributed by atoms with Crippen molar-refractivity contribution in [2.24, 2.45) is 0 Å². The van der Waals surface area contributed by atoms with Gasteiger partial charge in [-0.15, -0.1) is 0 Å². The van der Waals surface area contributed by atoms with Crippen molar-refractivity contribution < 1.29 is 4.42 Å². The molecule has 0 radical (unpaired) electrons. The first-order valence-corrected chi connectivity index (χ1v) is 27.5. The van der Waals surface area contributed by atoms with E-state index in [0.717, 1.165) is 139 Å². The second-order valence-corrected chi connectivity index (χ2v) is 20.8. The standard InChI is InChI=1S/C77H53N3O/c1-50-26-27-51(2)77-76(50)71-48-74(80-49-75(71)81-77)59-40-41-69(70(47-59)56-30-28-53(29-31-56)52-16-4-3-5-17-52)68-23-11-10-22-67(68)62-45-60(65-20-8-6-18-63(65)54-32-36-57(37-33-54)72-24-12-14-42-78-72)44-61(46-62)66-21-9-7-19-64(66)55-34-38-58(39-35-55)73-25-13-15-43-79-73/h3-49H,1-2H3. The molecule has 81 heavy (non-hydrogen) atoms. The van der Waals surface area contributed by atoms with Crippen molar-refractivity contribution >= 4 is 21.9 Å². The lowest BCUT2D eigenvalue weighted by Crippen LogP contribution is -1.94. The molecular weight excluding hydrogens is 983 g/mol. The van der Waals surface area contributed by atoms with Gasteiger partial charge < -0.3 is 4.42 Å². The van der Waals surface area contributed by atoms with Crippen molar-refractivity contribution in [3.05, 3.63) is 297 Å². The van der Waals surface area contributed by atoms with Gasteiger partial charge in [-0.1, -0.05) is 212 Å². The Hall–Kier alpha value is -10.6. The maximum atomic E-state index is 6.43. The van der Waals surface area contributed by atoms with Crippen LogP contribution in [0.4, 0.5) is 0 Å². The fourth-order valence-electron chi connectivity index (χ4n) is 11.6. The molecule has 4 heteroatoms. The Morgan fingerprint density at radius 3 is 1.20 bits per heavy atom. The summed E-state index contributed by atoms with van der Waals surface area (Å²) in [5, 5.41) is 2.21. The van der Waals surface area contributed by atoms with E-state index in [9.17, 15) is 0 Å². The maximum absolute atomic E-state index is 6.43. The zero-order valence-corrected chi connectivity index (χ0v) is 44.9. The predicted molar refractivity (Wildman–Crippen MR) is 336 cm³/mol. The highest BCUT2D eigenvalue weighted by Crippen LogP contribution is 2.46. The fourth-order valence-corrected chi connectivity index (χ4v) is 11.6. The van der Waals surface area contributed by atoms with Crippen molar-refractivity contribution in [1.82, 2.24) is 15.0 Å². The number of hydrogen-bond acceptors (Lipinski definition) is 4. The Morgan fingerprint density at radius 2 is 0.667 bits per heavy atom. The molecule has 0 aliphatic rings. The monoisotopic (exact) mass is 1040 g/mol. The van der Waals surface area contributed by atoms with Crippen molar-refractivity contribution in [1.29, 1.82) is 0 Å². The zero-order valence-electron chi connectivity index (χ0n) is 44.9. The number of rotatable bonds is 11. The third-order valence-corrected chi connectivity index (χ3v) is 15.8. The second-order valence-electron chi connectivity index (χ2n) is 20.8. The largest absolute Gasteiger partial charge is 0.454 e. The molecule has 0 saturated heterocycles. The van der Waals surface area contributed by atoms with Crippen LogP contribution in [0.25, 0.3) is 145 Å². The van der Waals surface area contributed by atoms with Crippen molar-refractivity contribution in [3.63, 3.8) is 0 Å². The fraction of sp³-hybridized carbons (Fsp3) is 0.0260. The number of aromatic nitrogens is 3. The molecule has 14 aromatic rings. The van der Waals surface area contributed by atoms with Crippen LogP contribution in [-0.4, -0.2) is 15.0 Å². The quantitative estimate of drug-likeness (QED) is 0.130. The average molecular weight is 1040 g/mol. The highest BCUT2D eigenvalue weighted by atomic mass is 16.3. The highest BCUT2D eigenvalue weighted by Gasteiger charge is 2.20. The maximum Gasteiger partial charge on any atom is 0.153 e. The first kappa shape index (κ1) is 48.8. The van der Waals surface area contributed by atoms with Crippen LogP contribution in [0.3, 0.4) is 0 Å². The third kappa shape index (κ3) is 9.39. The van der Waals surface area contributed by atoms with Crippen LogP contribution in [0.1, 0.15) is 11.1 Å². The predicted octanol–water partition coefficient (Wildman–Crippen LogP) is 20.7. The Labute approximate surface area is 472 Å². The van der Waals surface area contributed by atoms with E-state index in [1.54, 1.807) is 0 Å². The Bertz CT molecular complexity index is 4460. The normalized spacial score (nSPS) is 11.3. The molecule has 0 bridgehead atoms. The molecule has 4 heterocycles. The smallest absolute Gasteiger partial charge is 0.153 e. The topological polar surface area (TPSA) is 51.8 Å². The molecule has 4 aromatic heterocycles. The molecule has 0 atom stereocenters. The minimum atomic E-state index is 0.789. The van der Waals surface area contributed by atoms with Crippen LogP contribution < -0.4 is 0 Å². The zero-order chi connectivity index (χ0) is 54.2. The Morgan fingerprint density at radius 1 is 0.259 bits per heavy atom. The number of aryl methyl sites for hydroxylation is 2. The summed E-state index contributed by atoms with van der Waals surface area (Å²) in [6.07, 6.45) is 5.58. The second kappa shape index (κ2) is 21.0. The number of benzene rings is 10. The van der Waals surface area contributed by atoms with Crippen molar-refractivity contribution in [2.75, 3.05) is 0 Å². The summed E-state index contributed by atoms with van der Waals surface area (Å²) in [6.45, 7) is 4.26. The summed E-state index contributed by atoms with van der Waals surface area (Å²) in [5.74, 6) is 0. The minimum absolute atomic E-state index is 0.789. The summed E-state index contributed by atoms with van der Waals surface area (Å²) in [7, 11) is 0. The summed E-state index contributed by atoms with van der Waals surface area (Å²) in [4.78, 5) is 14.3. The van der Waals surface area contributed by atoms with Gasteiger partial charge in [0, 0.05) is 39.9 Å². The molecule has 0 unspecified atom stereocenters. The van der Waals surface area contributed by atoms with E-state index in [2.05, 4.69) is 266 Å². The van der Waals surface area contributed by atoms with E-state index in [0.29, 0.717) is 0 Å². The molecule has 14 rings (SSSR count). The van der Waals surface area contributed by atoms with Crippen LogP contribution in [0.5, 0.6) is 0 Å². The number of fused-ring (bicyclic) bond motifs is 3. The summed E-state index contributed by atoms with van der Waals surface area (Å²) in [5.41, 5.74) is 28.1. The first-order chi connectivity index (χ1) is 40.0. The summed E-state index contributed by atoms with van der Waals surface area (Å²) < 4.78 is 6.43. The Balaban J connectivity index is 0.947. The lowest BCUT2D eigenvalue weighted by atomic mass is 9.84. The molecule has 0 aliphatic heterocycles. The van der Waals surface area contributed by atoms with Gasteiger partial charge in [-0.25, -0.2) is 0 Å². The van der Waals surface area contributed by atoms with Crippen LogP contribution in [0.2, 0.25) is 0 Å². The number of pyridine rings is 3. The van der Waals surface area contributed by atoms with E-state index in [1.807, 2.05) is 42.9 Å². The Kier molecular flexibility index (Phi) is 12.7. The van der Waals surface area contributed by atoms with Gasteiger partial charge >= 0.3 is 0 Å². The van der Waals surface area contributed by atoms with Gasteiger partial charge in [0.05, 0.1) is 23.3 Å². The molecule has 382 valence electrons. The lowest BCUT2D eigenvalue weighted by Gasteiger charge is -2.19. The van der Waals surface area contributed by atoms with Crippen LogP contribution in [-0.2, 0) is 0 Å². The van der Waals surface area contributed by atoms with Gasteiger partial charge in [-0.2, -0.15) is 0 Å². The van der Waals surface area contributed by atoms with E-state index >= 15 is 0 Å². The van der Waals surface area contributed by atoms with Gasteiger partial charge in [0.25, 0.3) is 0 Å². The molecule has 0 N–H and O–H groups in total. The number of hydrogen-bond donors (Lipinski definition) is 0. The number of nitrogens with zero attached hydrogens (tertiary/aromatic N) is 3. The van der Waals surface area contributed by atoms with Gasteiger partial charge in [0.1, 0.15) is 5.58 Å². The van der Waals surface area contributed by atoms with Gasteiger partial charge in [-0.3, -0.25) is 15.0 Å². The molecule has 0 saturated carbocycles. The molecular formula is C77H53N3O. The minimum Gasteiger partial charge on any atom is -0.454 e. The SMILES string of the molecule is Cc1ccc(C)c2c1oc1cnc(-c3ccc(-c4ccccc4-c4cc(-c5ccccc5-c5ccc(-c6ccccn6)cc5)cc(-c5ccccc5-c5ccc(-c6ccccn6)cc5)c4)c(-c4ccc(-c5ccccc5)cc4)c3)cc12. The van der Waals surface area contributed by atoms with Gasteiger partial charge in [0.2, 0.25) is 0 Å². The number of furan rings is 1. The first-order valence-electron chi connectivity index (χ1n) is 27.5. The van der Waals surface area contributed by atoms with Crippen LogP contribution >= 0.6 is 0 Å². The molecule has 0 spiro atoms. The van der Waals surface area contributed by atoms with Crippen molar-refractivity contribution in [3.8, 4) is 123 Å². The highest BCUT2D eigenvalue weighted by molar-refractivity contribution is 6.08. The van der Waals surface area contributed by atoms with Crippen LogP contribution in [0.15, 0.2) is 290 Å². The van der Waals surface area contributed by atoms with Crippen LogP contribution in [0, 0.1) is 13.8 Å². The average Bonchev–Trinajstić information content (AvgIpc) is 4.08. The van der Waals surface area contributed by atoms with Gasteiger partial charge in [0.15, 0.2) is 5.58 Å². The molecule has 0 amide bonds. The van der Waals surface area contributed by atoms with E-state index < -0.39 is 0 Å². The molecule has 0 fully saturated rings. The third-order valence-electron chi connectivity index (χ3n) is 15.8. The lowest BCUT2D eigenvalue weighted by molar-refractivity contribution is 0.663. The molecule has 0 aliphatic carbocycles. The van der Waals surface area contributed by atoms with E-state index in [-0.39, 0.29) is 0 Å². The molecule has 4 nitrogen and oxygen atoms in total. The summed E-state index contributed by atoms with van der Waals surface area (Å²) in [6, 6.07) is 96.2. The van der Waals surface area contributed by atoms with E-state index in [4.69, 9.17) is 9.40 Å². The van der Waals surface area contributed by atoms with Gasteiger partial charge in [-0.05, 0) is 169 Å².